The molecule has 0 radical (unpaired) electrons. The van der Waals surface area contributed by atoms with Gasteiger partial charge in [-0.3, -0.25) is 5.41 Å². The second-order valence-corrected chi connectivity index (χ2v) is 3.82. The molecule has 0 bridgehead atoms. The van der Waals surface area contributed by atoms with E-state index in [-0.39, 0.29) is 11.4 Å². The van der Waals surface area contributed by atoms with Crippen LogP contribution in [0.5, 0.6) is 0 Å². The first kappa shape index (κ1) is 13.4. The molecule has 0 aromatic heterocycles. The van der Waals surface area contributed by atoms with Crippen molar-refractivity contribution in [3.8, 4) is 0 Å². The molecule has 0 spiro atoms. The van der Waals surface area contributed by atoms with Crippen molar-refractivity contribution in [2.45, 2.75) is 6.42 Å². The van der Waals surface area contributed by atoms with E-state index in [0.29, 0.717) is 12.3 Å². The minimum Gasteiger partial charge on any atom is -0.385 e. The third kappa shape index (κ3) is 3.42. The molecule has 1 aromatic carbocycles. The molecule has 0 heterocycles. The van der Waals surface area contributed by atoms with Gasteiger partial charge in [-0.05, 0) is 18.6 Å². The predicted molar refractivity (Wildman–Crippen MR) is 67.2 cm³/mol. The van der Waals surface area contributed by atoms with Crippen LogP contribution in [0.3, 0.4) is 0 Å². The highest BCUT2D eigenvalue weighted by Gasteiger charge is 2.13. The molecule has 0 aliphatic heterocycles. The molecular formula is C12H18FN3O. The Hall–Kier alpha value is -1.62. The summed E-state index contributed by atoms with van der Waals surface area (Å²) in [6.45, 7) is 1.37. The summed E-state index contributed by atoms with van der Waals surface area (Å²) in [4.78, 5) is 1.87. The maximum absolute atomic E-state index is 13.6. The van der Waals surface area contributed by atoms with Crippen molar-refractivity contribution in [3.05, 3.63) is 29.6 Å². The van der Waals surface area contributed by atoms with Crippen LogP contribution in [-0.4, -0.2) is 33.1 Å². The molecule has 5 heteroatoms. The molecule has 0 saturated heterocycles. The van der Waals surface area contributed by atoms with Crippen LogP contribution in [0.25, 0.3) is 0 Å². The summed E-state index contributed by atoms with van der Waals surface area (Å²) in [6.07, 6.45) is 0.834. The number of halogens is 1. The molecule has 4 nitrogen and oxygen atoms in total. The van der Waals surface area contributed by atoms with Crippen LogP contribution < -0.4 is 10.6 Å². The van der Waals surface area contributed by atoms with Crippen LogP contribution in [0.2, 0.25) is 0 Å². The maximum Gasteiger partial charge on any atom is 0.136 e. The normalized spacial score (nSPS) is 10.3. The van der Waals surface area contributed by atoms with Crippen molar-refractivity contribution in [2.24, 2.45) is 5.73 Å². The molecular weight excluding hydrogens is 221 g/mol. The molecule has 0 fully saturated rings. The van der Waals surface area contributed by atoms with Gasteiger partial charge in [0.15, 0.2) is 0 Å². The zero-order valence-electron chi connectivity index (χ0n) is 10.2. The van der Waals surface area contributed by atoms with Gasteiger partial charge in [0.25, 0.3) is 0 Å². The van der Waals surface area contributed by atoms with E-state index >= 15 is 0 Å². The van der Waals surface area contributed by atoms with Crippen molar-refractivity contribution in [1.29, 1.82) is 5.41 Å². The van der Waals surface area contributed by atoms with Crippen molar-refractivity contribution in [1.82, 2.24) is 0 Å². The highest BCUT2D eigenvalue weighted by Crippen LogP contribution is 2.21. The number of hydrogen-bond acceptors (Lipinski definition) is 3. The highest BCUT2D eigenvalue weighted by molar-refractivity contribution is 6.00. The number of rotatable bonds is 6. The predicted octanol–water partition coefficient (Wildman–Crippen LogP) is 1.58. The second-order valence-electron chi connectivity index (χ2n) is 3.82. The van der Waals surface area contributed by atoms with E-state index in [1.54, 1.807) is 19.2 Å². The van der Waals surface area contributed by atoms with E-state index in [1.807, 2.05) is 11.9 Å². The minimum atomic E-state index is -0.464. The lowest BCUT2D eigenvalue weighted by Gasteiger charge is -2.22. The summed E-state index contributed by atoms with van der Waals surface area (Å²) in [5.74, 6) is -0.717. The van der Waals surface area contributed by atoms with Gasteiger partial charge < -0.3 is 15.4 Å². The fraction of sp³-hybridized carbons (Fsp3) is 0.417. The quantitative estimate of drug-likeness (QED) is 0.450. The molecule has 94 valence electrons. The Morgan fingerprint density at radius 1 is 1.53 bits per heavy atom. The Morgan fingerprint density at radius 2 is 2.24 bits per heavy atom. The van der Waals surface area contributed by atoms with Crippen molar-refractivity contribution < 1.29 is 9.13 Å². The van der Waals surface area contributed by atoms with Gasteiger partial charge in [-0.25, -0.2) is 4.39 Å². The molecule has 0 amide bonds. The van der Waals surface area contributed by atoms with Crippen LogP contribution >= 0.6 is 0 Å². The van der Waals surface area contributed by atoms with Gasteiger partial charge in [0, 0.05) is 27.3 Å². The molecule has 1 rings (SSSR count). The van der Waals surface area contributed by atoms with Gasteiger partial charge in [0.1, 0.15) is 11.7 Å². The van der Waals surface area contributed by atoms with Crippen molar-refractivity contribution in [2.75, 3.05) is 32.2 Å². The topological polar surface area (TPSA) is 62.3 Å². The smallest absolute Gasteiger partial charge is 0.136 e. The Labute approximate surface area is 101 Å². The number of methoxy groups -OCH3 is 1. The number of ether oxygens (including phenoxy) is 1. The standard InChI is InChI=1S/C12H18FN3O/c1-16(7-4-8-17-2)10-6-3-5-9(13)11(10)12(14)15/h3,5-6H,4,7-8H2,1-2H3,(H3,14,15). The number of benzene rings is 1. The van der Waals surface area contributed by atoms with E-state index in [4.69, 9.17) is 15.9 Å². The SMILES string of the molecule is COCCCN(C)c1cccc(F)c1C(=N)N. The van der Waals surface area contributed by atoms with E-state index in [2.05, 4.69) is 0 Å². The van der Waals surface area contributed by atoms with E-state index in [0.717, 1.165) is 13.0 Å². The zero-order chi connectivity index (χ0) is 12.8. The Bertz CT molecular complexity index is 395. The molecule has 3 N–H and O–H groups in total. The van der Waals surface area contributed by atoms with E-state index in [1.165, 1.54) is 6.07 Å². The Kier molecular flexibility index (Phi) is 4.90. The van der Waals surface area contributed by atoms with Crippen LogP contribution in [0.1, 0.15) is 12.0 Å². The second kappa shape index (κ2) is 6.20. The van der Waals surface area contributed by atoms with Gasteiger partial charge in [-0.15, -0.1) is 0 Å². The molecule has 0 unspecified atom stereocenters. The fourth-order valence-corrected chi connectivity index (χ4v) is 1.66. The van der Waals surface area contributed by atoms with Gasteiger partial charge in [-0.1, -0.05) is 6.07 Å². The molecule has 0 saturated carbocycles. The van der Waals surface area contributed by atoms with E-state index < -0.39 is 5.82 Å². The van der Waals surface area contributed by atoms with Gasteiger partial charge in [0.2, 0.25) is 0 Å². The molecule has 1 aromatic rings. The van der Waals surface area contributed by atoms with Crippen LogP contribution in [0, 0.1) is 11.2 Å². The van der Waals surface area contributed by atoms with E-state index in [9.17, 15) is 4.39 Å². The Balaban J connectivity index is 2.89. The summed E-state index contributed by atoms with van der Waals surface area (Å²) < 4.78 is 18.5. The number of nitrogens with one attached hydrogen (secondary N) is 1. The fourth-order valence-electron chi connectivity index (χ4n) is 1.66. The molecule has 17 heavy (non-hydrogen) atoms. The first-order valence-corrected chi connectivity index (χ1v) is 5.41. The van der Waals surface area contributed by atoms with Crippen molar-refractivity contribution >= 4 is 11.5 Å². The summed E-state index contributed by atoms with van der Waals surface area (Å²) >= 11 is 0. The third-order valence-electron chi connectivity index (χ3n) is 2.51. The first-order chi connectivity index (χ1) is 8.07. The molecule has 0 aliphatic carbocycles. The number of amidine groups is 1. The monoisotopic (exact) mass is 239 g/mol. The summed E-state index contributed by atoms with van der Waals surface area (Å²) in [7, 11) is 3.49. The minimum absolute atomic E-state index is 0.160. The molecule has 0 aliphatic rings. The number of anilines is 1. The lowest BCUT2D eigenvalue weighted by atomic mass is 10.1. The summed E-state index contributed by atoms with van der Waals surface area (Å²) in [5.41, 5.74) is 6.19. The highest BCUT2D eigenvalue weighted by atomic mass is 19.1. The van der Waals surface area contributed by atoms with Crippen LogP contribution in [0.15, 0.2) is 18.2 Å². The Morgan fingerprint density at radius 3 is 2.82 bits per heavy atom. The zero-order valence-corrected chi connectivity index (χ0v) is 10.2. The summed E-state index contributed by atoms with van der Waals surface area (Å²) in [5, 5.41) is 7.41. The third-order valence-corrected chi connectivity index (χ3v) is 2.51. The van der Waals surface area contributed by atoms with Crippen molar-refractivity contribution in [3.63, 3.8) is 0 Å². The lowest BCUT2D eigenvalue weighted by molar-refractivity contribution is 0.196. The number of nitrogens with two attached hydrogens (primary N) is 1. The van der Waals surface area contributed by atoms with Gasteiger partial charge in [-0.2, -0.15) is 0 Å². The molecule has 0 atom stereocenters. The van der Waals surface area contributed by atoms with Crippen LogP contribution in [0.4, 0.5) is 10.1 Å². The largest absolute Gasteiger partial charge is 0.385 e. The maximum atomic E-state index is 13.6. The summed E-state index contributed by atoms with van der Waals surface area (Å²) in [6, 6.07) is 4.68. The average Bonchev–Trinajstić information content (AvgIpc) is 2.28. The number of nitrogens with zero attached hydrogens (tertiary/aromatic N) is 1. The number of hydrogen-bond donors (Lipinski definition) is 2. The average molecular weight is 239 g/mol. The first-order valence-electron chi connectivity index (χ1n) is 5.41. The number of nitrogen functional groups attached to an aromatic ring is 1. The van der Waals surface area contributed by atoms with Gasteiger partial charge >= 0.3 is 0 Å². The van der Waals surface area contributed by atoms with Gasteiger partial charge in [0.05, 0.1) is 11.3 Å². The lowest BCUT2D eigenvalue weighted by Crippen LogP contribution is -2.25. The van der Waals surface area contributed by atoms with Crippen LogP contribution in [-0.2, 0) is 4.74 Å².